The SMILES string of the molecule is C/C=C/CN(C(=S)Nc1ccc(CCl)cc1)c1cccc(C(F)(F)F)c1. The van der Waals surface area contributed by atoms with E-state index in [0.717, 1.165) is 23.4 Å². The van der Waals surface area contributed by atoms with Crippen LogP contribution >= 0.6 is 23.8 Å². The molecule has 2 aromatic rings. The highest BCUT2D eigenvalue weighted by molar-refractivity contribution is 7.80. The van der Waals surface area contributed by atoms with Crippen molar-refractivity contribution in [2.45, 2.75) is 19.0 Å². The molecule has 0 radical (unpaired) electrons. The molecule has 138 valence electrons. The molecule has 0 atom stereocenters. The molecule has 0 heterocycles. The van der Waals surface area contributed by atoms with Crippen molar-refractivity contribution in [2.24, 2.45) is 0 Å². The van der Waals surface area contributed by atoms with E-state index in [0.29, 0.717) is 23.2 Å². The van der Waals surface area contributed by atoms with Gasteiger partial charge in [-0.05, 0) is 55.0 Å². The maximum absolute atomic E-state index is 13.0. The van der Waals surface area contributed by atoms with Gasteiger partial charge >= 0.3 is 6.18 Å². The van der Waals surface area contributed by atoms with Gasteiger partial charge in [0.2, 0.25) is 0 Å². The minimum absolute atomic E-state index is 0.307. The van der Waals surface area contributed by atoms with Crippen molar-refractivity contribution >= 4 is 40.3 Å². The maximum atomic E-state index is 13.0. The molecule has 1 N–H and O–H groups in total. The summed E-state index contributed by atoms with van der Waals surface area (Å²) in [5.41, 5.74) is 1.36. The van der Waals surface area contributed by atoms with Gasteiger partial charge in [-0.15, -0.1) is 11.6 Å². The molecule has 0 aliphatic carbocycles. The molecule has 0 aliphatic heterocycles. The second-order valence-corrected chi connectivity index (χ2v) is 6.14. The summed E-state index contributed by atoms with van der Waals surface area (Å²) in [5, 5.41) is 3.36. The van der Waals surface area contributed by atoms with Gasteiger partial charge in [-0.3, -0.25) is 0 Å². The number of rotatable bonds is 5. The number of nitrogens with zero attached hydrogens (tertiary/aromatic N) is 1. The summed E-state index contributed by atoms with van der Waals surface area (Å²) >= 11 is 11.2. The van der Waals surface area contributed by atoms with Crippen molar-refractivity contribution in [1.82, 2.24) is 0 Å². The van der Waals surface area contributed by atoms with Gasteiger partial charge < -0.3 is 10.2 Å². The van der Waals surface area contributed by atoms with Gasteiger partial charge in [-0.1, -0.05) is 30.4 Å². The summed E-state index contributed by atoms with van der Waals surface area (Å²) in [7, 11) is 0. The molecule has 0 bridgehead atoms. The van der Waals surface area contributed by atoms with Crippen LogP contribution in [0, 0.1) is 0 Å². The van der Waals surface area contributed by atoms with Crippen molar-refractivity contribution in [1.29, 1.82) is 0 Å². The van der Waals surface area contributed by atoms with Crippen LogP contribution in [0.4, 0.5) is 24.5 Å². The van der Waals surface area contributed by atoms with Crippen LogP contribution in [-0.2, 0) is 12.1 Å². The highest BCUT2D eigenvalue weighted by Gasteiger charge is 2.31. The van der Waals surface area contributed by atoms with Crippen molar-refractivity contribution in [3.8, 4) is 0 Å². The fourth-order valence-electron chi connectivity index (χ4n) is 2.23. The molecule has 0 fully saturated rings. The molecule has 0 saturated carbocycles. The molecule has 2 nitrogen and oxygen atoms in total. The molecule has 0 saturated heterocycles. The van der Waals surface area contributed by atoms with E-state index >= 15 is 0 Å². The Balaban J connectivity index is 2.27. The van der Waals surface area contributed by atoms with E-state index in [1.54, 1.807) is 11.0 Å². The van der Waals surface area contributed by atoms with Gasteiger partial charge in [-0.25, -0.2) is 0 Å². The van der Waals surface area contributed by atoms with Crippen LogP contribution in [0.3, 0.4) is 0 Å². The van der Waals surface area contributed by atoms with Gasteiger partial charge in [0.05, 0.1) is 5.56 Å². The third-order valence-electron chi connectivity index (χ3n) is 3.61. The van der Waals surface area contributed by atoms with Gasteiger partial charge in [-0.2, -0.15) is 13.2 Å². The quantitative estimate of drug-likeness (QED) is 0.365. The number of hydrogen-bond donors (Lipinski definition) is 1. The Morgan fingerprint density at radius 3 is 2.46 bits per heavy atom. The standard InChI is InChI=1S/C19H18ClF3N2S/c1-2-3-11-25(17-6-4-5-15(12-17)19(21,22)23)18(26)24-16-9-7-14(13-20)8-10-16/h2-10,12H,11,13H2,1H3,(H,24,26)/b3-2+. The van der Waals surface area contributed by atoms with Crippen molar-refractivity contribution in [3.63, 3.8) is 0 Å². The molecule has 0 spiro atoms. The third kappa shape index (κ3) is 5.47. The van der Waals surface area contributed by atoms with Crippen LogP contribution in [0.25, 0.3) is 0 Å². The second kappa shape index (κ2) is 9.05. The van der Waals surface area contributed by atoms with Crippen LogP contribution in [0.15, 0.2) is 60.7 Å². The van der Waals surface area contributed by atoms with E-state index < -0.39 is 11.7 Å². The molecule has 7 heteroatoms. The lowest BCUT2D eigenvalue weighted by molar-refractivity contribution is -0.137. The topological polar surface area (TPSA) is 15.3 Å². The fraction of sp³-hybridized carbons (Fsp3) is 0.211. The van der Waals surface area contributed by atoms with Gasteiger partial charge in [0, 0.05) is 23.8 Å². The average Bonchev–Trinajstić information content (AvgIpc) is 2.62. The fourth-order valence-corrected chi connectivity index (χ4v) is 2.71. The summed E-state index contributed by atoms with van der Waals surface area (Å²) < 4.78 is 39.0. The van der Waals surface area contributed by atoms with Gasteiger partial charge in [0.25, 0.3) is 0 Å². The van der Waals surface area contributed by atoms with Crippen LogP contribution in [-0.4, -0.2) is 11.7 Å². The minimum Gasteiger partial charge on any atom is -0.332 e. The minimum atomic E-state index is -4.41. The van der Waals surface area contributed by atoms with E-state index in [9.17, 15) is 13.2 Å². The van der Waals surface area contributed by atoms with Gasteiger partial charge in [0.1, 0.15) is 0 Å². The molecular weight excluding hydrogens is 381 g/mol. The average molecular weight is 399 g/mol. The number of nitrogens with one attached hydrogen (secondary N) is 1. The van der Waals surface area contributed by atoms with Crippen LogP contribution < -0.4 is 10.2 Å². The number of halogens is 4. The van der Waals surface area contributed by atoms with Gasteiger partial charge in [0.15, 0.2) is 5.11 Å². The summed E-state index contributed by atoms with van der Waals surface area (Å²) in [6.45, 7) is 2.19. The highest BCUT2D eigenvalue weighted by atomic mass is 35.5. The molecule has 0 aliphatic rings. The zero-order valence-electron chi connectivity index (χ0n) is 14.1. The zero-order chi connectivity index (χ0) is 19.2. The predicted molar refractivity (Wildman–Crippen MR) is 106 cm³/mol. The first kappa shape index (κ1) is 20.3. The zero-order valence-corrected chi connectivity index (χ0v) is 15.6. The first-order valence-corrected chi connectivity index (χ1v) is 8.81. The van der Waals surface area contributed by atoms with Crippen molar-refractivity contribution in [2.75, 3.05) is 16.8 Å². The number of hydrogen-bond acceptors (Lipinski definition) is 1. The van der Waals surface area contributed by atoms with Crippen LogP contribution in [0.1, 0.15) is 18.1 Å². The maximum Gasteiger partial charge on any atom is 0.416 e. The molecule has 2 rings (SSSR count). The Morgan fingerprint density at radius 1 is 1.19 bits per heavy atom. The van der Waals surface area contributed by atoms with Crippen molar-refractivity contribution in [3.05, 3.63) is 71.8 Å². The summed E-state index contributed by atoms with van der Waals surface area (Å²) in [6.07, 6.45) is -0.766. The first-order valence-electron chi connectivity index (χ1n) is 7.87. The summed E-state index contributed by atoms with van der Waals surface area (Å²) in [5.74, 6) is 0.405. The summed E-state index contributed by atoms with van der Waals surface area (Å²) in [4.78, 5) is 1.61. The largest absolute Gasteiger partial charge is 0.416 e. The number of thiocarbonyl (C=S) groups is 1. The van der Waals surface area contributed by atoms with E-state index in [1.165, 1.54) is 6.07 Å². The van der Waals surface area contributed by atoms with Crippen LogP contribution in [0.5, 0.6) is 0 Å². The summed E-state index contributed by atoms with van der Waals surface area (Å²) in [6, 6.07) is 12.5. The van der Waals surface area contributed by atoms with E-state index in [1.807, 2.05) is 43.3 Å². The lowest BCUT2D eigenvalue weighted by Crippen LogP contribution is -2.35. The Hall–Kier alpha value is -2.05. The molecule has 0 aromatic heterocycles. The number of anilines is 2. The van der Waals surface area contributed by atoms with Crippen LogP contribution in [0.2, 0.25) is 0 Å². The number of allylic oxidation sites excluding steroid dienone is 1. The number of alkyl halides is 4. The lowest BCUT2D eigenvalue weighted by atomic mass is 10.2. The Bertz CT molecular complexity index is 773. The lowest BCUT2D eigenvalue weighted by Gasteiger charge is -2.25. The predicted octanol–water partition coefficient (Wildman–Crippen LogP) is 6.22. The Kier molecular flexibility index (Phi) is 7.06. The third-order valence-corrected chi connectivity index (χ3v) is 4.24. The first-order chi connectivity index (χ1) is 12.3. The molecule has 2 aromatic carbocycles. The Labute approximate surface area is 161 Å². The number of benzene rings is 2. The van der Waals surface area contributed by atoms with E-state index in [-0.39, 0.29) is 0 Å². The van der Waals surface area contributed by atoms with Crippen molar-refractivity contribution < 1.29 is 13.2 Å². The molecular formula is C19H18ClF3N2S. The van der Waals surface area contributed by atoms with E-state index in [2.05, 4.69) is 5.32 Å². The second-order valence-electron chi connectivity index (χ2n) is 5.49. The smallest absolute Gasteiger partial charge is 0.332 e. The monoisotopic (exact) mass is 398 g/mol. The Morgan fingerprint density at radius 2 is 1.88 bits per heavy atom. The molecule has 26 heavy (non-hydrogen) atoms. The normalized spacial score (nSPS) is 11.6. The molecule has 0 unspecified atom stereocenters. The molecule has 0 amide bonds. The highest BCUT2D eigenvalue weighted by Crippen LogP contribution is 2.31. The van der Waals surface area contributed by atoms with E-state index in [4.69, 9.17) is 23.8 Å².